The van der Waals surface area contributed by atoms with Crippen molar-refractivity contribution >= 4 is 11.3 Å². The Labute approximate surface area is 79.6 Å². The van der Waals surface area contributed by atoms with Crippen LogP contribution in [0.25, 0.3) is 0 Å². The fourth-order valence-electron chi connectivity index (χ4n) is 1.67. The monoisotopic (exact) mass is 182 g/mol. The molecular weight excluding hydrogens is 164 g/mol. The van der Waals surface area contributed by atoms with Gasteiger partial charge in [-0.3, -0.25) is 0 Å². The molecule has 0 spiro atoms. The van der Waals surface area contributed by atoms with Gasteiger partial charge < -0.3 is 0 Å². The van der Waals surface area contributed by atoms with Crippen molar-refractivity contribution in [1.29, 1.82) is 0 Å². The average Bonchev–Trinajstić information content (AvgIpc) is 2.58. The molecule has 0 aromatic carbocycles. The highest BCUT2D eigenvalue weighted by atomic mass is 32.1. The van der Waals surface area contributed by atoms with Crippen molar-refractivity contribution in [3.63, 3.8) is 0 Å². The molecule has 68 valence electrons. The highest BCUT2D eigenvalue weighted by molar-refractivity contribution is 7.10. The zero-order valence-electron chi connectivity index (χ0n) is 8.21. The van der Waals surface area contributed by atoms with Crippen LogP contribution < -0.4 is 0 Å². The molecule has 0 radical (unpaired) electrons. The lowest BCUT2D eigenvalue weighted by Crippen LogP contribution is -2.05. The van der Waals surface area contributed by atoms with Crippen LogP contribution in [0, 0.1) is 5.92 Å². The van der Waals surface area contributed by atoms with E-state index in [1.807, 2.05) is 11.3 Å². The minimum absolute atomic E-state index is 0.787. The van der Waals surface area contributed by atoms with E-state index in [2.05, 4.69) is 38.3 Å². The molecule has 1 heteroatoms. The van der Waals surface area contributed by atoms with Crippen molar-refractivity contribution in [2.75, 3.05) is 0 Å². The molecular formula is C11H18S. The molecule has 1 aromatic rings. The summed E-state index contributed by atoms with van der Waals surface area (Å²) in [5, 5.41) is 2.18. The Balaban J connectivity index is 2.69. The standard InChI is InChI=1S/C11H18S/c1-4-9(3)10(5-2)11-7-6-8-12-11/h6-10H,4-5H2,1-3H3/t9?,10-/m0/s1. The van der Waals surface area contributed by atoms with Crippen LogP contribution in [-0.4, -0.2) is 0 Å². The number of hydrogen-bond donors (Lipinski definition) is 0. The first kappa shape index (κ1) is 9.79. The smallest absolute Gasteiger partial charge is 0.00787 e. The Hall–Kier alpha value is -0.300. The van der Waals surface area contributed by atoms with E-state index in [0.29, 0.717) is 0 Å². The molecule has 12 heavy (non-hydrogen) atoms. The fraction of sp³-hybridized carbons (Fsp3) is 0.636. The first-order chi connectivity index (χ1) is 5.79. The zero-order valence-corrected chi connectivity index (χ0v) is 9.03. The maximum Gasteiger partial charge on any atom is 0.00787 e. The van der Waals surface area contributed by atoms with Crippen LogP contribution in [0.3, 0.4) is 0 Å². The summed E-state index contributed by atoms with van der Waals surface area (Å²) in [5.41, 5.74) is 0. The molecule has 2 atom stereocenters. The third-order valence-corrected chi connectivity index (χ3v) is 3.68. The molecule has 0 bridgehead atoms. The van der Waals surface area contributed by atoms with E-state index in [1.54, 1.807) is 4.88 Å². The molecule has 1 rings (SSSR count). The number of thiophene rings is 1. The van der Waals surface area contributed by atoms with Crippen LogP contribution in [0.15, 0.2) is 17.5 Å². The summed E-state index contributed by atoms with van der Waals surface area (Å²) in [7, 11) is 0. The number of rotatable bonds is 4. The van der Waals surface area contributed by atoms with Crippen molar-refractivity contribution in [3.05, 3.63) is 22.4 Å². The van der Waals surface area contributed by atoms with Crippen molar-refractivity contribution in [1.82, 2.24) is 0 Å². The van der Waals surface area contributed by atoms with Gasteiger partial charge in [-0.2, -0.15) is 0 Å². The van der Waals surface area contributed by atoms with Gasteiger partial charge in [0.25, 0.3) is 0 Å². The van der Waals surface area contributed by atoms with Crippen LogP contribution in [0.4, 0.5) is 0 Å². The molecule has 0 aliphatic carbocycles. The lowest BCUT2D eigenvalue weighted by molar-refractivity contribution is 0.440. The van der Waals surface area contributed by atoms with Gasteiger partial charge in [-0.15, -0.1) is 11.3 Å². The first-order valence-electron chi connectivity index (χ1n) is 4.83. The quantitative estimate of drug-likeness (QED) is 0.651. The molecule has 0 fully saturated rings. The Morgan fingerprint density at radius 2 is 2.08 bits per heavy atom. The van der Waals surface area contributed by atoms with Crippen LogP contribution in [0.2, 0.25) is 0 Å². The maximum absolute atomic E-state index is 2.36. The molecule has 0 N–H and O–H groups in total. The predicted octanol–water partition coefficient (Wildman–Crippen LogP) is 4.29. The number of hydrogen-bond acceptors (Lipinski definition) is 1. The minimum atomic E-state index is 0.787. The van der Waals surface area contributed by atoms with E-state index < -0.39 is 0 Å². The van der Waals surface area contributed by atoms with E-state index in [-0.39, 0.29) is 0 Å². The van der Waals surface area contributed by atoms with Crippen LogP contribution in [-0.2, 0) is 0 Å². The topological polar surface area (TPSA) is 0 Å². The molecule has 0 aliphatic rings. The summed E-state index contributed by atoms with van der Waals surface area (Å²) in [6.45, 7) is 6.92. The van der Waals surface area contributed by atoms with E-state index in [4.69, 9.17) is 0 Å². The summed E-state index contributed by atoms with van der Waals surface area (Å²) >= 11 is 1.90. The van der Waals surface area contributed by atoms with Gasteiger partial charge >= 0.3 is 0 Å². The summed E-state index contributed by atoms with van der Waals surface area (Å²) in [6.07, 6.45) is 2.56. The van der Waals surface area contributed by atoms with Gasteiger partial charge in [-0.1, -0.05) is 33.3 Å². The lowest BCUT2D eigenvalue weighted by atomic mass is 9.88. The SMILES string of the molecule is CCC(C)[C@H](CC)c1cccs1. The van der Waals surface area contributed by atoms with Gasteiger partial charge in [-0.05, 0) is 29.7 Å². The van der Waals surface area contributed by atoms with Crippen molar-refractivity contribution in [2.24, 2.45) is 5.92 Å². The molecule has 1 unspecified atom stereocenters. The largest absolute Gasteiger partial charge is 0.149 e. The Morgan fingerprint density at radius 3 is 2.50 bits per heavy atom. The third kappa shape index (κ3) is 2.10. The second-order valence-electron chi connectivity index (χ2n) is 3.42. The van der Waals surface area contributed by atoms with Crippen molar-refractivity contribution in [2.45, 2.75) is 39.5 Å². The second kappa shape index (κ2) is 4.66. The van der Waals surface area contributed by atoms with E-state index in [1.165, 1.54) is 12.8 Å². The second-order valence-corrected chi connectivity index (χ2v) is 4.39. The fourth-order valence-corrected chi connectivity index (χ4v) is 2.72. The van der Waals surface area contributed by atoms with Crippen molar-refractivity contribution < 1.29 is 0 Å². The zero-order chi connectivity index (χ0) is 8.97. The summed E-state index contributed by atoms with van der Waals surface area (Å²) in [5.74, 6) is 1.61. The molecule has 0 aliphatic heterocycles. The average molecular weight is 182 g/mol. The van der Waals surface area contributed by atoms with Gasteiger partial charge in [0, 0.05) is 4.88 Å². The maximum atomic E-state index is 2.36. The minimum Gasteiger partial charge on any atom is -0.149 e. The Kier molecular flexibility index (Phi) is 3.80. The molecule has 0 amide bonds. The summed E-state index contributed by atoms with van der Waals surface area (Å²) < 4.78 is 0. The van der Waals surface area contributed by atoms with E-state index >= 15 is 0 Å². The van der Waals surface area contributed by atoms with Crippen molar-refractivity contribution in [3.8, 4) is 0 Å². The van der Waals surface area contributed by atoms with Gasteiger partial charge in [0.1, 0.15) is 0 Å². The van der Waals surface area contributed by atoms with E-state index in [9.17, 15) is 0 Å². The molecule has 1 aromatic heterocycles. The van der Waals surface area contributed by atoms with Gasteiger partial charge in [-0.25, -0.2) is 0 Å². The van der Waals surface area contributed by atoms with Gasteiger partial charge in [0.15, 0.2) is 0 Å². The first-order valence-corrected chi connectivity index (χ1v) is 5.70. The van der Waals surface area contributed by atoms with Gasteiger partial charge in [0.2, 0.25) is 0 Å². The van der Waals surface area contributed by atoms with Gasteiger partial charge in [0.05, 0.1) is 0 Å². The summed E-state index contributed by atoms with van der Waals surface area (Å²) in [6, 6.07) is 4.43. The third-order valence-electron chi connectivity index (χ3n) is 2.68. The van der Waals surface area contributed by atoms with Crippen LogP contribution in [0.5, 0.6) is 0 Å². The highest BCUT2D eigenvalue weighted by Gasteiger charge is 2.16. The Morgan fingerprint density at radius 1 is 1.33 bits per heavy atom. The molecule has 0 saturated heterocycles. The van der Waals surface area contributed by atoms with Crippen LogP contribution >= 0.6 is 11.3 Å². The normalized spacial score (nSPS) is 15.9. The predicted molar refractivity (Wildman–Crippen MR) is 56.8 cm³/mol. The lowest BCUT2D eigenvalue weighted by Gasteiger charge is -2.19. The Bertz CT molecular complexity index is 201. The molecule has 0 nitrogen and oxygen atoms in total. The molecule has 0 saturated carbocycles. The summed E-state index contributed by atoms with van der Waals surface area (Å²) in [4.78, 5) is 1.56. The van der Waals surface area contributed by atoms with E-state index in [0.717, 1.165) is 11.8 Å². The highest BCUT2D eigenvalue weighted by Crippen LogP contribution is 2.32. The molecule has 1 heterocycles. The van der Waals surface area contributed by atoms with Crippen LogP contribution in [0.1, 0.15) is 44.4 Å².